The van der Waals surface area contributed by atoms with E-state index in [1.807, 2.05) is 38.1 Å². The molecular weight excluding hydrogens is 398 g/mol. The highest BCUT2D eigenvalue weighted by Gasteiger charge is 2.12. The molecule has 1 heterocycles. The highest BCUT2D eigenvalue weighted by atomic mass is 16.1. The molecule has 0 bridgehead atoms. The highest BCUT2D eigenvalue weighted by Crippen LogP contribution is 2.14. The van der Waals surface area contributed by atoms with Gasteiger partial charge in [0.2, 0.25) is 5.91 Å². The maximum Gasteiger partial charge on any atom is 0.227 e. The molecule has 0 aromatic heterocycles. The van der Waals surface area contributed by atoms with Crippen LogP contribution in [-0.4, -0.2) is 36.9 Å². The summed E-state index contributed by atoms with van der Waals surface area (Å²) in [6, 6.07) is 16.8. The van der Waals surface area contributed by atoms with E-state index in [0.717, 1.165) is 30.2 Å². The van der Waals surface area contributed by atoms with Crippen LogP contribution in [0.25, 0.3) is 0 Å². The largest absolute Gasteiger partial charge is 0.352 e. The van der Waals surface area contributed by atoms with Gasteiger partial charge in [-0.15, -0.1) is 0 Å². The second-order valence-corrected chi connectivity index (χ2v) is 8.58. The second-order valence-electron chi connectivity index (χ2n) is 8.58. The molecule has 3 rings (SSSR count). The molecule has 2 aromatic rings. The van der Waals surface area contributed by atoms with Gasteiger partial charge in [0.15, 0.2) is 5.96 Å². The van der Waals surface area contributed by atoms with Crippen molar-refractivity contribution in [3.63, 3.8) is 0 Å². The van der Waals surface area contributed by atoms with E-state index in [1.54, 1.807) is 7.05 Å². The molecule has 172 valence electrons. The van der Waals surface area contributed by atoms with Gasteiger partial charge in [0.05, 0.1) is 0 Å². The van der Waals surface area contributed by atoms with E-state index in [2.05, 4.69) is 50.1 Å². The smallest absolute Gasteiger partial charge is 0.227 e. The lowest BCUT2D eigenvalue weighted by Crippen LogP contribution is -2.36. The first-order valence-electron chi connectivity index (χ1n) is 11.7. The summed E-state index contributed by atoms with van der Waals surface area (Å²) in [5.74, 6) is 0.816. The molecule has 1 aliphatic rings. The minimum Gasteiger partial charge on any atom is -0.352 e. The van der Waals surface area contributed by atoms with Crippen LogP contribution in [0.4, 0.5) is 5.69 Å². The lowest BCUT2D eigenvalue weighted by molar-refractivity contribution is -0.119. The molecule has 6 heteroatoms. The number of amides is 1. The highest BCUT2D eigenvalue weighted by molar-refractivity contribution is 5.92. The van der Waals surface area contributed by atoms with Gasteiger partial charge in [-0.2, -0.15) is 0 Å². The zero-order chi connectivity index (χ0) is 22.8. The monoisotopic (exact) mass is 435 g/mol. The zero-order valence-corrected chi connectivity index (χ0v) is 19.7. The standard InChI is InChI=1S/C26H37N5O/c1-4-20(2)25(32)30-24-9-7-8-23(16-24)18-29-26(27-3)28-17-21-10-12-22(13-11-21)19-31-14-5-6-15-31/h7-13,16,20H,4-6,14-15,17-19H2,1-3H3,(H,30,32)(H2,27,28,29). The van der Waals surface area contributed by atoms with Crippen LogP contribution in [0.2, 0.25) is 0 Å². The molecule has 2 aromatic carbocycles. The number of nitrogens with one attached hydrogen (secondary N) is 3. The van der Waals surface area contributed by atoms with Gasteiger partial charge in [-0.05, 0) is 61.2 Å². The summed E-state index contributed by atoms with van der Waals surface area (Å²) in [5, 5.41) is 9.72. The average molecular weight is 436 g/mol. The van der Waals surface area contributed by atoms with E-state index in [4.69, 9.17) is 0 Å². The van der Waals surface area contributed by atoms with E-state index in [1.165, 1.54) is 37.1 Å². The first kappa shape index (κ1) is 23.8. The van der Waals surface area contributed by atoms with Gasteiger partial charge in [0, 0.05) is 38.3 Å². The van der Waals surface area contributed by atoms with Gasteiger partial charge >= 0.3 is 0 Å². The number of guanidine groups is 1. The quantitative estimate of drug-likeness (QED) is 0.409. The van der Waals surface area contributed by atoms with E-state index in [-0.39, 0.29) is 11.8 Å². The predicted molar refractivity (Wildman–Crippen MR) is 133 cm³/mol. The van der Waals surface area contributed by atoms with Crippen molar-refractivity contribution in [1.29, 1.82) is 0 Å². The summed E-state index contributed by atoms with van der Waals surface area (Å²) < 4.78 is 0. The number of carbonyl (C=O) groups excluding carboxylic acids is 1. The molecular formula is C26H37N5O. The number of carbonyl (C=O) groups is 1. The van der Waals surface area contributed by atoms with Crippen molar-refractivity contribution < 1.29 is 4.79 Å². The Morgan fingerprint density at radius 1 is 1.00 bits per heavy atom. The van der Waals surface area contributed by atoms with Crippen molar-refractivity contribution in [2.45, 2.75) is 52.7 Å². The third-order valence-corrected chi connectivity index (χ3v) is 6.03. The summed E-state index contributed by atoms with van der Waals surface area (Å²) >= 11 is 0. The lowest BCUT2D eigenvalue weighted by atomic mass is 10.1. The van der Waals surface area contributed by atoms with Crippen LogP contribution < -0.4 is 16.0 Å². The van der Waals surface area contributed by atoms with Crippen LogP contribution in [0.5, 0.6) is 0 Å². The normalized spacial score (nSPS) is 15.4. The Kier molecular flexibility index (Phi) is 9.11. The van der Waals surface area contributed by atoms with Crippen LogP contribution in [0.1, 0.15) is 49.8 Å². The summed E-state index contributed by atoms with van der Waals surface area (Å²) in [5.41, 5.74) is 4.51. The predicted octanol–water partition coefficient (Wildman–Crippen LogP) is 4.13. The SMILES string of the molecule is CCC(C)C(=O)Nc1cccc(CNC(=NC)NCc2ccc(CN3CCCC3)cc2)c1. The molecule has 32 heavy (non-hydrogen) atoms. The molecule has 1 unspecified atom stereocenters. The number of hydrogen-bond donors (Lipinski definition) is 3. The van der Waals surface area contributed by atoms with Gasteiger partial charge in [-0.3, -0.25) is 14.7 Å². The van der Waals surface area contributed by atoms with Gasteiger partial charge in [0.25, 0.3) is 0 Å². The maximum atomic E-state index is 12.1. The topological polar surface area (TPSA) is 68.8 Å². The Morgan fingerprint density at radius 3 is 2.31 bits per heavy atom. The molecule has 0 radical (unpaired) electrons. The Bertz CT molecular complexity index is 887. The molecule has 0 aliphatic carbocycles. The van der Waals surface area contributed by atoms with E-state index in [9.17, 15) is 4.79 Å². The number of nitrogens with zero attached hydrogens (tertiary/aromatic N) is 2. The van der Waals surface area contributed by atoms with Crippen molar-refractivity contribution in [2.75, 3.05) is 25.5 Å². The number of likely N-dealkylation sites (tertiary alicyclic amines) is 1. The fourth-order valence-corrected chi connectivity index (χ4v) is 3.76. The van der Waals surface area contributed by atoms with Crippen molar-refractivity contribution in [3.8, 4) is 0 Å². The third kappa shape index (κ3) is 7.38. The fourth-order valence-electron chi connectivity index (χ4n) is 3.76. The summed E-state index contributed by atoms with van der Waals surface area (Å²) in [7, 11) is 1.78. The molecule has 0 spiro atoms. The summed E-state index contributed by atoms with van der Waals surface area (Å²) in [6.07, 6.45) is 3.48. The number of aliphatic imine (C=N–C) groups is 1. The molecule has 0 saturated carbocycles. The van der Waals surface area contributed by atoms with Crippen molar-refractivity contribution >= 4 is 17.6 Å². The lowest BCUT2D eigenvalue weighted by Gasteiger charge is -2.15. The van der Waals surface area contributed by atoms with Gasteiger partial charge in [-0.25, -0.2) is 0 Å². The molecule has 6 nitrogen and oxygen atoms in total. The number of benzene rings is 2. The minimum absolute atomic E-state index is 0.00842. The molecule has 1 amide bonds. The zero-order valence-electron chi connectivity index (χ0n) is 19.7. The summed E-state index contributed by atoms with van der Waals surface area (Å²) in [6.45, 7) is 8.80. The molecule has 1 saturated heterocycles. The Labute approximate surface area is 192 Å². The molecule has 3 N–H and O–H groups in total. The van der Waals surface area contributed by atoms with E-state index < -0.39 is 0 Å². The van der Waals surface area contributed by atoms with Crippen molar-refractivity contribution in [3.05, 3.63) is 65.2 Å². The summed E-state index contributed by atoms with van der Waals surface area (Å²) in [4.78, 5) is 19.0. The Morgan fingerprint density at radius 2 is 1.66 bits per heavy atom. The molecule has 1 atom stereocenters. The van der Waals surface area contributed by atoms with E-state index >= 15 is 0 Å². The molecule has 1 fully saturated rings. The van der Waals surface area contributed by atoms with Gasteiger partial charge in [0.1, 0.15) is 0 Å². The number of anilines is 1. The Balaban J connectivity index is 1.45. The van der Waals surface area contributed by atoms with Crippen molar-refractivity contribution in [1.82, 2.24) is 15.5 Å². The van der Waals surface area contributed by atoms with Gasteiger partial charge < -0.3 is 16.0 Å². The number of rotatable bonds is 9. The molecule has 1 aliphatic heterocycles. The van der Waals surface area contributed by atoms with Crippen LogP contribution in [-0.2, 0) is 24.4 Å². The minimum atomic E-state index is 0.00842. The van der Waals surface area contributed by atoms with Crippen LogP contribution >= 0.6 is 0 Å². The van der Waals surface area contributed by atoms with Crippen LogP contribution in [0, 0.1) is 5.92 Å². The third-order valence-electron chi connectivity index (χ3n) is 6.03. The van der Waals surface area contributed by atoms with Crippen molar-refractivity contribution in [2.24, 2.45) is 10.9 Å². The first-order valence-corrected chi connectivity index (χ1v) is 11.7. The number of hydrogen-bond acceptors (Lipinski definition) is 3. The van der Waals surface area contributed by atoms with Gasteiger partial charge in [-0.1, -0.05) is 50.2 Å². The maximum absolute atomic E-state index is 12.1. The van der Waals surface area contributed by atoms with E-state index in [0.29, 0.717) is 13.1 Å². The average Bonchev–Trinajstić information content (AvgIpc) is 3.33. The van der Waals surface area contributed by atoms with Crippen LogP contribution in [0.3, 0.4) is 0 Å². The fraction of sp³-hybridized carbons (Fsp3) is 0.462. The van der Waals surface area contributed by atoms with Crippen LogP contribution in [0.15, 0.2) is 53.5 Å². The first-order chi connectivity index (χ1) is 15.6. The Hall–Kier alpha value is -2.86. The second kappa shape index (κ2) is 12.2.